The summed E-state index contributed by atoms with van der Waals surface area (Å²) in [6, 6.07) is 7.86. The summed E-state index contributed by atoms with van der Waals surface area (Å²) < 4.78 is 5.11. The van der Waals surface area contributed by atoms with Crippen LogP contribution in [0.1, 0.15) is 32.3 Å². The molecular weight excluding hydrogens is 214 g/mol. The summed E-state index contributed by atoms with van der Waals surface area (Å²) in [6.07, 6.45) is 1.55. The summed E-state index contributed by atoms with van der Waals surface area (Å²) in [6.45, 7) is 5.49. The molecule has 0 aliphatic carbocycles. The summed E-state index contributed by atoms with van der Waals surface area (Å²) in [5, 5.41) is 0. The molecule has 0 unspecified atom stereocenters. The lowest BCUT2D eigenvalue weighted by Gasteiger charge is -2.21. The van der Waals surface area contributed by atoms with Gasteiger partial charge >= 0.3 is 0 Å². The summed E-state index contributed by atoms with van der Waals surface area (Å²) in [5.74, 6) is 1.06. The minimum absolute atomic E-state index is 0.211. The second-order valence-electron chi connectivity index (χ2n) is 4.02. The van der Waals surface area contributed by atoms with E-state index in [1.165, 1.54) is 0 Å². The molecule has 1 amide bonds. The quantitative estimate of drug-likeness (QED) is 0.758. The highest BCUT2D eigenvalue weighted by Gasteiger charge is 2.10. The molecule has 0 aromatic heterocycles. The zero-order valence-corrected chi connectivity index (χ0v) is 10.9. The average Bonchev–Trinajstić information content (AvgIpc) is 2.38. The van der Waals surface area contributed by atoms with Gasteiger partial charge in [0, 0.05) is 19.5 Å². The fraction of sp³-hybridized carbons (Fsp3) is 0.500. The maximum atomic E-state index is 11.7. The Hall–Kier alpha value is -1.51. The van der Waals surface area contributed by atoms with Crippen LogP contribution in [0.5, 0.6) is 5.75 Å². The summed E-state index contributed by atoms with van der Waals surface area (Å²) in [4.78, 5) is 13.6. The predicted octanol–water partition coefficient (Wildman–Crippen LogP) is 2.84. The Morgan fingerprint density at radius 3 is 2.35 bits per heavy atom. The number of ether oxygens (including phenoxy) is 1. The second-order valence-corrected chi connectivity index (χ2v) is 4.02. The van der Waals surface area contributed by atoms with E-state index in [-0.39, 0.29) is 5.91 Å². The number of methoxy groups -OCH3 is 1. The number of amides is 1. The Bertz CT molecular complexity index is 346. The minimum atomic E-state index is 0.211. The third-order valence-corrected chi connectivity index (χ3v) is 2.68. The van der Waals surface area contributed by atoms with Crippen molar-refractivity contribution in [2.75, 3.05) is 13.7 Å². The van der Waals surface area contributed by atoms with Gasteiger partial charge in [0.15, 0.2) is 0 Å². The summed E-state index contributed by atoms with van der Waals surface area (Å²) in [5.41, 5.74) is 1.14. The highest BCUT2D eigenvalue weighted by molar-refractivity contribution is 5.75. The van der Waals surface area contributed by atoms with Crippen LogP contribution in [0.2, 0.25) is 0 Å². The summed E-state index contributed by atoms with van der Waals surface area (Å²) >= 11 is 0. The largest absolute Gasteiger partial charge is 0.497 e. The molecule has 1 aromatic carbocycles. The lowest BCUT2D eigenvalue weighted by Crippen LogP contribution is -2.30. The van der Waals surface area contributed by atoms with Crippen molar-refractivity contribution in [1.82, 2.24) is 4.90 Å². The van der Waals surface area contributed by atoms with Gasteiger partial charge in [-0.1, -0.05) is 26.0 Å². The maximum Gasteiger partial charge on any atom is 0.222 e. The van der Waals surface area contributed by atoms with Crippen molar-refractivity contribution in [3.05, 3.63) is 29.8 Å². The van der Waals surface area contributed by atoms with Crippen molar-refractivity contribution in [2.45, 2.75) is 33.2 Å². The van der Waals surface area contributed by atoms with Crippen molar-refractivity contribution in [3.63, 3.8) is 0 Å². The molecule has 17 heavy (non-hydrogen) atoms. The van der Waals surface area contributed by atoms with Crippen LogP contribution < -0.4 is 4.74 Å². The highest BCUT2D eigenvalue weighted by Crippen LogP contribution is 2.13. The molecule has 3 nitrogen and oxygen atoms in total. The molecule has 0 radical (unpaired) electrons. The Balaban J connectivity index is 2.68. The second kappa shape index (κ2) is 6.94. The molecule has 3 heteroatoms. The van der Waals surface area contributed by atoms with Crippen molar-refractivity contribution in [3.8, 4) is 5.75 Å². The van der Waals surface area contributed by atoms with Crippen molar-refractivity contribution >= 4 is 5.91 Å². The van der Waals surface area contributed by atoms with Gasteiger partial charge < -0.3 is 9.64 Å². The van der Waals surface area contributed by atoms with Crippen LogP contribution in [0.4, 0.5) is 0 Å². The van der Waals surface area contributed by atoms with Gasteiger partial charge in [-0.25, -0.2) is 0 Å². The van der Waals surface area contributed by atoms with Gasteiger partial charge in [0.25, 0.3) is 0 Å². The standard InChI is InChI=1S/C14H21NO2/c1-4-10-15(14(16)5-2)11-12-6-8-13(17-3)9-7-12/h6-9H,4-5,10-11H2,1-3H3. The predicted molar refractivity (Wildman–Crippen MR) is 69.0 cm³/mol. The Labute approximate surface area is 103 Å². The lowest BCUT2D eigenvalue weighted by atomic mass is 10.2. The fourth-order valence-corrected chi connectivity index (χ4v) is 1.74. The van der Waals surface area contributed by atoms with Gasteiger partial charge in [0.05, 0.1) is 7.11 Å². The van der Waals surface area contributed by atoms with E-state index in [9.17, 15) is 4.79 Å². The van der Waals surface area contributed by atoms with E-state index < -0.39 is 0 Å². The van der Waals surface area contributed by atoms with Gasteiger partial charge in [0.1, 0.15) is 5.75 Å². The van der Waals surface area contributed by atoms with E-state index in [0.29, 0.717) is 13.0 Å². The smallest absolute Gasteiger partial charge is 0.222 e. The normalized spacial score (nSPS) is 10.1. The average molecular weight is 235 g/mol. The van der Waals surface area contributed by atoms with E-state index >= 15 is 0 Å². The molecule has 0 fully saturated rings. The number of carbonyl (C=O) groups excluding carboxylic acids is 1. The molecule has 1 aromatic rings. The molecule has 0 bridgehead atoms. The van der Waals surface area contributed by atoms with Gasteiger partial charge in [-0.2, -0.15) is 0 Å². The van der Waals surface area contributed by atoms with E-state index in [1.54, 1.807) is 7.11 Å². The third-order valence-electron chi connectivity index (χ3n) is 2.68. The first-order chi connectivity index (χ1) is 8.21. The number of hydrogen-bond donors (Lipinski definition) is 0. The molecule has 0 spiro atoms. The minimum Gasteiger partial charge on any atom is -0.497 e. The Morgan fingerprint density at radius 2 is 1.88 bits per heavy atom. The SMILES string of the molecule is CCCN(Cc1ccc(OC)cc1)C(=O)CC. The first kappa shape index (κ1) is 13.6. The molecule has 0 aliphatic rings. The van der Waals surface area contributed by atoms with Crippen LogP contribution in [-0.2, 0) is 11.3 Å². The van der Waals surface area contributed by atoms with E-state index in [0.717, 1.165) is 24.3 Å². The molecule has 1 rings (SSSR count). The Morgan fingerprint density at radius 1 is 1.24 bits per heavy atom. The van der Waals surface area contributed by atoms with Gasteiger partial charge in [-0.3, -0.25) is 4.79 Å². The molecule has 0 N–H and O–H groups in total. The third kappa shape index (κ3) is 4.10. The number of benzene rings is 1. The van der Waals surface area contributed by atoms with Crippen molar-refractivity contribution in [2.24, 2.45) is 0 Å². The molecule has 94 valence electrons. The molecule has 0 atom stereocenters. The van der Waals surface area contributed by atoms with E-state index in [4.69, 9.17) is 4.74 Å². The first-order valence-corrected chi connectivity index (χ1v) is 6.12. The molecule has 0 heterocycles. The topological polar surface area (TPSA) is 29.5 Å². The fourth-order valence-electron chi connectivity index (χ4n) is 1.74. The van der Waals surface area contributed by atoms with Crippen molar-refractivity contribution in [1.29, 1.82) is 0 Å². The van der Waals surface area contributed by atoms with Crippen LogP contribution in [0, 0.1) is 0 Å². The maximum absolute atomic E-state index is 11.7. The summed E-state index contributed by atoms with van der Waals surface area (Å²) in [7, 11) is 1.65. The van der Waals surface area contributed by atoms with Crippen LogP contribution >= 0.6 is 0 Å². The number of rotatable bonds is 6. The van der Waals surface area contributed by atoms with Gasteiger partial charge in [-0.05, 0) is 24.1 Å². The van der Waals surface area contributed by atoms with Gasteiger partial charge in [0.2, 0.25) is 5.91 Å². The van der Waals surface area contributed by atoms with E-state index in [1.807, 2.05) is 36.1 Å². The zero-order chi connectivity index (χ0) is 12.7. The molecular formula is C14H21NO2. The number of carbonyl (C=O) groups is 1. The first-order valence-electron chi connectivity index (χ1n) is 6.12. The zero-order valence-electron chi connectivity index (χ0n) is 10.9. The van der Waals surface area contributed by atoms with E-state index in [2.05, 4.69) is 6.92 Å². The number of nitrogens with zero attached hydrogens (tertiary/aromatic N) is 1. The van der Waals surface area contributed by atoms with Crippen LogP contribution in [0.3, 0.4) is 0 Å². The lowest BCUT2D eigenvalue weighted by molar-refractivity contribution is -0.131. The number of hydrogen-bond acceptors (Lipinski definition) is 2. The molecule has 0 saturated carbocycles. The van der Waals surface area contributed by atoms with Crippen LogP contribution in [0.25, 0.3) is 0 Å². The molecule has 0 aliphatic heterocycles. The highest BCUT2D eigenvalue weighted by atomic mass is 16.5. The van der Waals surface area contributed by atoms with Crippen LogP contribution in [-0.4, -0.2) is 24.5 Å². The molecule has 0 saturated heterocycles. The van der Waals surface area contributed by atoms with Crippen molar-refractivity contribution < 1.29 is 9.53 Å². The Kier molecular flexibility index (Phi) is 5.53. The van der Waals surface area contributed by atoms with Gasteiger partial charge in [-0.15, -0.1) is 0 Å². The van der Waals surface area contributed by atoms with Crippen LogP contribution in [0.15, 0.2) is 24.3 Å². The monoisotopic (exact) mass is 235 g/mol.